The molecule has 7 nitrogen and oxygen atoms in total. The molecular formula is C70H61ClN2O5. The van der Waals surface area contributed by atoms with E-state index in [2.05, 4.69) is 190 Å². The molecule has 0 aliphatic carbocycles. The molecule has 10 aromatic carbocycles. The fraction of sp³-hybridized carbons (Fsp3) is 0.186. The molecule has 388 valence electrons. The van der Waals surface area contributed by atoms with E-state index in [4.69, 9.17) is 31.3 Å². The van der Waals surface area contributed by atoms with Crippen molar-refractivity contribution in [2.75, 3.05) is 14.2 Å². The van der Waals surface area contributed by atoms with Gasteiger partial charge in [0.15, 0.2) is 0 Å². The minimum atomic E-state index is -0.0833. The number of Topliss-reactive ketones (excluding diaryl/α,β-unsaturated/α-hetero) is 1. The topological polar surface area (TPSA) is 71.2 Å². The number of benzene rings is 10. The van der Waals surface area contributed by atoms with Crippen LogP contribution in [0.15, 0.2) is 160 Å². The number of halogens is 1. The number of carbonyl (C=O) groups excluding carboxylic acids is 1. The minimum Gasteiger partial charge on any atom is -0.496 e. The van der Waals surface area contributed by atoms with Crippen molar-refractivity contribution in [1.29, 1.82) is 0 Å². The third-order valence-electron chi connectivity index (χ3n) is 15.6. The Morgan fingerprint density at radius 1 is 0.500 bits per heavy atom. The third-order valence-corrected chi connectivity index (χ3v) is 15.9. The first kappa shape index (κ1) is 49.1. The molecule has 8 heteroatoms. The Bertz CT molecular complexity index is 4960. The molecule has 0 aliphatic heterocycles. The van der Waals surface area contributed by atoms with E-state index in [-0.39, 0.29) is 20.1 Å². The van der Waals surface area contributed by atoms with Crippen LogP contribution in [0.1, 0.15) is 84.4 Å². The summed E-state index contributed by atoms with van der Waals surface area (Å²) in [4.78, 5) is 9.62. The number of furan rings is 2. The van der Waals surface area contributed by atoms with Gasteiger partial charge in [-0.15, -0.1) is 0 Å². The maximum Gasteiger partial charge on any atom is 0.136 e. The molecule has 0 radical (unpaired) electrons. The molecule has 15 rings (SSSR count). The van der Waals surface area contributed by atoms with Crippen LogP contribution in [0.5, 0.6) is 11.5 Å². The van der Waals surface area contributed by atoms with Crippen LogP contribution >= 0.6 is 11.6 Å². The van der Waals surface area contributed by atoms with Crippen LogP contribution in [0.4, 0.5) is 0 Å². The molecular weight excluding hydrogens is 984 g/mol. The van der Waals surface area contributed by atoms with Gasteiger partial charge in [-0.05, 0) is 193 Å². The predicted molar refractivity (Wildman–Crippen MR) is 330 cm³/mol. The molecule has 5 aromatic heterocycles. The number of nitrogens with zero attached hydrogens (tertiary/aromatic N) is 2. The summed E-state index contributed by atoms with van der Waals surface area (Å²) in [5.41, 5.74) is 15.6. The summed E-state index contributed by atoms with van der Waals surface area (Å²) >= 11 is 6.89. The molecule has 0 amide bonds. The first-order valence-electron chi connectivity index (χ1n) is 26.9. The molecule has 15 aromatic rings. The summed E-state index contributed by atoms with van der Waals surface area (Å²) in [5.74, 6) is 2.56. The zero-order chi connectivity index (χ0) is 54.0. The van der Waals surface area contributed by atoms with Gasteiger partial charge in [0.05, 0.1) is 57.6 Å². The van der Waals surface area contributed by atoms with E-state index in [9.17, 15) is 4.79 Å². The van der Waals surface area contributed by atoms with Gasteiger partial charge >= 0.3 is 0 Å². The highest BCUT2D eigenvalue weighted by Gasteiger charge is 2.23. The smallest absolute Gasteiger partial charge is 0.136 e. The summed E-state index contributed by atoms with van der Waals surface area (Å²) in [7, 11) is 3.49. The highest BCUT2D eigenvalue weighted by Crippen LogP contribution is 2.47. The van der Waals surface area contributed by atoms with Crippen LogP contribution in [0.2, 0.25) is 5.02 Å². The first-order chi connectivity index (χ1) is 37.7. The molecule has 0 atom stereocenters. The lowest BCUT2D eigenvalue weighted by molar-refractivity contribution is -0.115. The van der Waals surface area contributed by atoms with E-state index in [0.717, 1.165) is 82.9 Å². The van der Waals surface area contributed by atoms with E-state index in [1.54, 1.807) is 14.2 Å². The Kier molecular flexibility index (Phi) is 11.9. The lowest BCUT2D eigenvalue weighted by Gasteiger charge is -2.11. The fourth-order valence-corrected chi connectivity index (χ4v) is 12.1. The van der Waals surface area contributed by atoms with Crippen molar-refractivity contribution in [3.05, 3.63) is 179 Å². The summed E-state index contributed by atoms with van der Waals surface area (Å²) in [5, 5.41) is 17.2. The second-order valence-corrected chi connectivity index (χ2v) is 21.8. The molecule has 0 fully saturated rings. The van der Waals surface area contributed by atoms with Crippen LogP contribution in [0.3, 0.4) is 0 Å². The summed E-state index contributed by atoms with van der Waals surface area (Å²) in [6.45, 7) is 14.4. The number of aryl methyl sites for hydroxylation is 2. The average molecular weight is 1050 g/mol. The van der Waals surface area contributed by atoms with Gasteiger partial charge in [0.25, 0.3) is 0 Å². The van der Waals surface area contributed by atoms with Crippen molar-refractivity contribution < 1.29 is 24.5 Å². The zero-order valence-electron chi connectivity index (χ0n) is 45.6. The number of hydrogen-bond acceptors (Lipinski definition) is 5. The van der Waals surface area contributed by atoms with Gasteiger partial charge in [-0.1, -0.05) is 89.2 Å². The SMILES string of the molecule is C.COc1ccc(Cl)c2c1c1cc(C(C)C)ccc1n2-c1ccc2cc3oc4cc(C)ccc4c3cc2c1.COc1ccc2c3cc4cc5oc6cc(C)ccc6c5cc4cc3n3c4ccc(C(C)C)cc4c1c23.[2H]CC(C)=O. The molecule has 0 aliphatic rings. The molecule has 0 N–H and O–H groups in total. The highest BCUT2D eigenvalue weighted by atomic mass is 35.5. The standard InChI is InChI=1S/C33H26ClNO2.C33H25NO2.C3H6O.CH4/c1-18(2)20-7-11-28-26(15-20)32-29(36-4)12-10-27(34)33(32)35(28)23-8-6-21-17-31-25(16-22(21)14-23)24-9-5-19(3)13-30(24)37-31;1-17(2)19-6-9-27-26(12-19)32-29(35-4)10-8-23-24-13-21-16-31-25(22-7-5-18(3)11-30(22)36-31)14-20(21)15-28(24)34(27)33(23)32;1-3(2)4;/h5-18H,1-4H3;5-17H,1-4H3;1-2H3;1H4/i;;1D;. The van der Waals surface area contributed by atoms with E-state index < -0.39 is 0 Å². The summed E-state index contributed by atoms with van der Waals surface area (Å²) < 4.78 is 35.2. The third kappa shape index (κ3) is 7.89. The molecule has 0 bridgehead atoms. The molecule has 0 saturated carbocycles. The first-order valence-corrected chi connectivity index (χ1v) is 26.6. The highest BCUT2D eigenvalue weighted by molar-refractivity contribution is 6.37. The van der Waals surface area contributed by atoms with Crippen molar-refractivity contribution in [2.24, 2.45) is 0 Å². The van der Waals surface area contributed by atoms with Crippen LogP contribution in [0, 0.1) is 13.8 Å². The maximum absolute atomic E-state index is 9.62. The number of ketones is 1. The van der Waals surface area contributed by atoms with Crippen LogP contribution in [-0.4, -0.2) is 29.0 Å². The van der Waals surface area contributed by atoms with Crippen molar-refractivity contribution >= 4 is 143 Å². The van der Waals surface area contributed by atoms with E-state index in [1.807, 2.05) is 12.1 Å². The van der Waals surface area contributed by atoms with Gasteiger partial charge in [-0.25, -0.2) is 0 Å². The van der Waals surface area contributed by atoms with Crippen LogP contribution in [-0.2, 0) is 4.79 Å². The van der Waals surface area contributed by atoms with Crippen LogP contribution < -0.4 is 9.47 Å². The Labute approximate surface area is 458 Å². The predicted octanol–water partition coefficient (Wildman–Crippen LogP) is 20.5. The number of methoxy groups -OCH3 is 2. The molecule has 0 spiro atoms. The van der Waals surface area contributed by atoms with Gasteiger partial charge in [0.1, 0.15) is 39.6 Å². The zero-order valence-corrected chi connectivity index (χ0v) is 45.4. The van der Waals surface area contributed by atoms with Crippen LogP contribution in [0.25, 0.3) is 131 Å². The number of carbonyl (C=O) groups is 1. The largest absolute Gasteiger partial charge is 0.496 e. The lowest BCUT2D eigenvalue weighted by Crippen LogP contribution is -1.95. The Hall–Kier alpha value is -8.52. The number of hydrogen-bond donors (Lipinski definition) is 0. The second kappa shape index (κ2) is 18.9. The minimum absolute atomic E-state index is 0. The quantitative estimate of drug-likeness (QED) is 0.172. The number of ether oxygens (including phenoxy) is 2. The van der Waals surface area contributed by atoms with Gasteiger partial charge in [0.2, 0.25) is 0 Å². The van der Waals surface area contributed by atoms with Gasteiger partial charge < -0.3 is 32.1 Å². The van der Waals surface area contributed by atoms with Crippen molar-refractivity contribution in [3.8, 4) is 17.2 Å². The Morgan fingerprint density at radius 3 is 1.59 bits per heavy atom. The van der Waals surface area contributed by atoms with Crippen molar-refractivity contribution in [2.45, 2.75) is 74.6 Å². The summed E-state index contributed by atoms with van der Waals surface area (Å²) in [6.07, 6.45) is 0. The molecule has 5 heterocycles. The normalized spacial score (nSPS) is 12.1. The van der Waals surface area contributed by atoms with Gasteiger partial charge in [-0.3, -0.25) is 0 Å². The molecule has 0 unspecified atom stereocenters. The monoisotopic (exact) mass is 1050 g/mol. The molecule has 78 heavy (non-hydrogen) atoms. The van der Waals surface area contributed by atoms with E-state index in [1.165, 1.54) is 88.8 Å². The summed E-state index contributed by atoms with van der Waals surface area (Å²) in [6, 6.07) is 54.7. The molecule has 0 saturated heterocycles. The number of rotatable bonds is 5. The van der Waals surface area contributed by atoms with E-state index >= 15 is 0 Å². The van der Waals surface area contributed by atoms with Gasteiger partial charge in [0, 0.05) is 50.1 Å². The Morgan fingerprint density at radius 2 is 1.00 bits per heavy atom. The van der Waals surface area contributed by atoms with Crippen molar-refractivity contribution in [3.63, 3.8) is 0 Å². The van der Waals surface area contributed by atoms with E-state index in [0.29, 0.717) is 16.9 Å². The van der Waals surface area contributed by atoms with Crippen molar-refractivity contribution in [1.82, 2.24) is 8.97 Å². The second-order valence-electron chi connectivity index (χ2n) is 21.4. The average Bonchev–Trinajstić information content (AvgIpc) is 3.51. The fourth-order valence-electron chi connectivity index (χ4n) is 11.8. The number of aromatic nitrogens is 2. The maximum atomic E-state index is 9.62. The number of fused-ring (bicyclic) bond motifs is 17. The lowest BCUT2D eigenvalue weighted by atomic mass is 9.99. The van der Waals surface area contributed by atoms with Gasteiger partial charge in [-0.2, -0.15) is 0 Å². The Balaban J connectivity index is 0.000000144.